The maximum atomic E-state index is 12.1. The van der Waals surface area contributed by atoms with E-state index in [1.54, 1.807) is 6.07 Å². The van der Waals surface area contributed by atoms with Crippen molar-refractivity contribution in [1.29, 1.82) is 0 Å². The predicted octanol–water partition coefficient (Wildman–Crippen LogP) is 3.29. The SMILES string of the molecule is CCc1c(C(N)=O)c(CC)c2ccc(C(N)=O)c(CC)c2c1CC. The van der Waals surface area contributed by atoms with Crippen LogP contribution in [-0.2, 0) is 25.7 Å². The van der Waals surface area contributed by atoms with Crippen LogP contribution in [0.15, 0.2) is 12.1 Å². The Balaban J connectivity index is 3.16. The van der Waals surface area contributed by atoms with Crippen molar-refractivity contribution in [2.45, 2.75) is 53.4 Å². The highest BCUT2D eigenvalue weighted by atomic mass is 16.1. The molecule has 0 aliphatic carbocycles. The Labute approximate surface area is 143 Å². The summed E-state index contributed by atoms with van der Waals surface area (Å²) in [6, 6.07) is 3.69. The van der Waals surface area contributed by atoms with Crippen molar-refractivity contribution in [2.24, 2.45) is 11.5 Å². The maximum Gasteiger partial charge on any atom is 0.249 e. The minimum atomic E-state index is -0.411. The van der Waals surface area contributed by atoms with E-state index in [0.29, 0.717) is 24.0 Å². The van der Waals surface area contributed by atoms with E-state index in [9.17, 15) is 9.59 Å². The van der Waals surface area contributed by atoms with Gasteiger partial charge in [-0.15, -0.1) is 0 Å². The molecule has 0 saturated carbocycles. The third-order valence-electron chi connectivity index (χ3n) is 4.83. The Morgan fingerprint density at radius 1 is 0.750 bits per heavy atom. The fourth-order valence-corrected chi connectivity index (χ4v) is 3.91. The van der Waals surface area contributed by atoms with E-state index in [1.165, 1.54) is 0 Å². The number of fused-ring (bicyclic) bond motifs is 1. The lowest BCUT2D eigenvalue weighted by Crippen LogP contribution is -2.20. The molecule has 4 N–H and O–H groups in total. The second-order valence-electron chi connectivity index (χ2n) is 5.97. The van der Waals surface area contributed by atoms with Crippen LogP contribution in [-0.4, -0.2) is 11.8 Å². The molecule has 24 heavy (non-hydrogen) atoms. The second kappa shape index (κ2) is 7.04. The molecule has 4 nitrogen and oxygen atoms in total. The summed E-state index contributed by atoms with van der Waals surface area (Å²) >= 11 is 0. The number of hydrogen-bond acceptors (Lipinski definition) is 2. The summed E-state index contributed by atoms with van der Waals surface area (Å²) in [4.78, 5) is 24.0. The molecule has 0 aromatic heterocycles. The molecule has 2 aromatic carbocycles. The average Bonchev–Trinajstić information content (AvgIpc) is 2.57. The van der Waals surface area contributed by atoms with Gasteiger partial charge in [0.25, 0.3) is 0 Å². The highest BCUT2D eigenvalue weighted by molar-refractivity contribution is 6.07. The van der Waals surface area contributed by atoms with E-state index in [1.807, 2.05) is 26.8 Å². The van der Waals surface area contributed by atoms with Gasteiger partial charge in [0.1, 0.15) is 0 Å². The monoisotopic (exact) mass is 326 g/mol. The number of carbonyl (C=O) groups excluding carboxylic acids is 2. The molecule has 0 fully saturated rings. The molecule has 0 atom stereocenters. The first-order valence-electron chi connectivity index (χ1n) is 8.64. The Hall–Kier alpha value is -2.36. The number of benzene rings is 2. The lowest BCUT2D eigenvalue weighted by molar-refractivity contribution is 0.0990. The minimum Gasteiger partial charge on any atom is -0.366 e. The second-order valence-corrected chi connectivity index (χ2v) is 5.97. The van der Waals surface area contributed by atoms with Gasteiger partial charge >= 0.3 is 0 Å². The predicted molar refractivity (Wildman–Crippen MR) is 98.5 cm³/mol. The number of rotatable bonds is 6. The van der Waals surface area contributed by atoms with Crippen molar-refractivity contribution in [3.05, 3.63) is 45.5 Å². The molecular formula is C20H26N2O2. The largest absolute Gasteiger partial charge is 0.366 e. The number of hydrogen-bond donors (Lipinski definition) is 2. The highest BCUT2D eigenvalue weighted by Crippen LogP contribution is 2.35. The highest BCUT2D eigenvalue weighted by Gasteiger charge is 2.23. The summed E-state index contributed by atoms with van der Waals surface area (Å²) in [5.74, 6) is -0.789. The van der Waals surface area contributed by atoms with Crippen LogP contribution in [0.3, 0.4) is 0 Å². The number of amides is 2. The molecule has 0 aliphatic rings. The third kappa shape index (κ3) is 2.66. The molecule has 0 saturated heterocycles. The van der Waals surface area contributed by atoms with Crippen molar-refractivity contribution in [2.75, 3.05) is 0 Å². The van der Waals surface area contributed by atoms with Gasteiger partial charge in [-0.25, -0.2) is 0 Å². The average molecular weight is 326 g/mol. The first-order valence-corrected chi connectivity index (χ1v) is 8.64. The van der Waals surface area contributed by atoms with Crippen molar-refractivity contribution < 1.29 is 9.59 Å². The van der Waals surface area contributed by atoms with Gasteiger partial charge < -0.3 is 11.5 Å². The summed E-state index contributed by atoms with van der Waals surface area (Å²) in [5.41, 5.74) is 16.6. The maximum absolute atomic E-state index is 12.1. The lowest BCUT2D eigenvalue weighted by atomic mass is 9.82. The standard InChI is InChI=1S/C20H26N2O2/c1-5-11-12(6-2)18(20(22)24)13(7-3)15-9-10-16(19(21)23)14(8-4)17(11)15/h9-10H,5-8H2,1-4H3,(H2,21,23)(H2,22,24). The summed E-state index contributed by atoms with van der Waals surface area (Å²) in [7, 11) is 0. The molecule has 2 rings (SSSR count). The molecule has 0 spiro atoms. The van der Waals surface area contributed by atoms with Gasteiger partial charge in [0.2, 0.25) is 11.8 Å². The molecule has 0 unspecified atom stereocenters. The van der Waals surface area contributed by atoms with E-state index in [0.717, 1.165) is 45.9 Å². The van der Waals surface area contributed by atoms with E-state index in [-0.39, 0.29) is 5.91 Å². The molecule has 0 heterocycles. The first-order chi connectivity index (χ1) is 11.4. The zero-order valence-electron chi connectivity index (χ0n) is 15.0. The zero-order valence-corrected chi connectivity index (χ0v) is 15.0. The van der Waals surface area contributed by atoms with E-state index < -0.39 is 5.91 Å². The Morgan fingerprint density at radius 2 is 1.29 bits per heavy atom. The first kappa shape index (κ1) is 18.0. The fourth-order valence-electron chi connectivity index (χ4n) is 3.91. The molecule has 4 heteroatoms. The van der Waals surface area contributed by atoms with Crippen LogP contribution >= 0.6 is 0 Å². The Morgan fingerprint density at radius 3 is 1.71 bits per heavy atom. The zero-order chi connectivity index (χ0) is 18.0. The topological polar surface area (TPSA) is 86.2 Å². The van der Waals surface area contributed by atoms with Crippen LogP contribution in [0.5, 0.6) is 0 Å². The van der Waals surface area contributed by atoms with Gasteiger partial charge in [0.05, 0.1) is 0 Å². The van der Waals surface area contributed by atoms with Crippen molar-refractivity contribution in [1.82, 2.24) is 0 Å². The minimum absolute atomic E-state index is 0.377. The molecule has 2 aromatic rings. The normalized spacial score (nSPS) is 11.0. The van der Waals surface area contributed by atoms with Crippen molar-refractivity contribution >= 4 is 22.6 Å². The Bertz CT molecular complexity index is 820. The molecule has 0 bridgehead atoms. The van der Waals surface area contributed by atoms with Crippen LogP contribution < -0.4 is 11.5 Å². The third-order valence-corrected chi connectivity index (χ3v) is 4.83. The number of aryl methyl sites for hydroxylation is 3. The summed E-state index contributed by atoms with van der Waals surface area (Å²) < 4.78 is 0. The molecule has 128 valence electrons. The summed E-state index contributed by atoms with van der Waals surface area (Å²) in [6.45, 7) is 8.16. The number of primary amides is 2. The summed E-state index contributed by atoms with van der Waals surface area (Å²) in [6.07, 6.45) is 2.93. The van der Waals surface area contributed by atoms with Gasteiger partial charge in [0, 0.05) is 11.1 Å². The van der Waals surface area contributed by atoms with Crippen LogP contribution in [0, 0.1) is 0 Å². The molecule has 0 aliphatic heterocycles. The van der Waals surface area contributed by atoms with Gasteiger partial charge in [-0.05, 0) is 64.8 Å². The van der Waals surface area contributed by atoms with Gasteiger partial charge in [-0.1, -0.05) is 33.8 Å². The number of nitrogens with two attached hydrogens (primary N) is 2. The van der Waals surface area contributed by atoms with Gasteiger partial charge in [-0.3, -0.25) is 9.59 Å². The van der Waals surface area contributed by atoms with E-state index in [2.05, 4.69) is 6.92 Å². The van der Waals surface area contributed by atoms with Crippen LogP contribution in [0.2, 0.25) is 0 Å². The van der Waals surface area contributed by atoms with Gasteiger partial charge in [-0.2, -0.15) is 0 Å². The Kier molecular flexibility index (Phi) is 5.27. The van der Waals surface area contributed by atoms with Gasteiger partial charge in [0.15, 0.2) is 0 Å². The molecular weight excluding hydrogens is 300 g/mol. The van der Waals surface area contributed by atoms with Crippen LogP contribution in [0.1, 0.15) is 70.7 Å². The van der Waals surface area contributed by atoms with Crippen molar-refractivity contribution in [3.8, 4) is 0 Å². The van der Waals surface area contributed by atoms with E-state index >= 15 is 0 Å². The number of carbonyl (C=O) groups is 2. The summed E-state index contributed by atoms with van der Waals surface area (Å²) in [5, 5.41) is 2.09. The van der Waals surface area contributed by atoms with Crippen LogP contribution in [0.4, 0.5) is 0 Å². The fraction of sp³-hybridized carbons (Fsp3) is 0.400. The van der Waals surface area contributed by atoms with Crippen LogP contribution in [0.25, 0.3) is 10.8 Å². The molecule has 2 amide bonds. The molecule has 0 radical (unpaired) electrons. The van der Waals surface area contributed by atoms with E-state index in [4.69, 9.17) is 11.5 Å². The smallest absolute Gasteiger partial charge is 0.249 e. The lowest BCUT2D eigenvalue weighted by Gasteiger charge is -2.22. The van der Waals surface area contributed by atoms with Crippen molar-refractivity contribution in [3.63, 3.8) is 0 Å². The quantitative estimate of drug-likeness (QED) is 0.853.